The number of nitrogens with one attached hydrogen (secondary N) is 1. The molecular formula is C9H18N2O4. The van der Waals surface area contributed by atoms with Gasteiger partial charge in [-0.1, -0.05) is 13.3 Å². The molecule has 0 heterocycles. The van der Waals surface area contributed by atoms with E-state index in [2.05, 4.69) is 5.32 Å². The van der Waals surface area contributed by atoms with Gasteiger partial charge in [0.05, 0.1) is 0 Å². The van der Waals surface area contributed by atoms with Gasteiger partial charge in [0.1, 0.15) is 12.1 Å². The molecule has 0 aromatic heterocycles. The summed E-state index contributed by atoms with van der Waals surface area (Å²) in [4.78, 5) is 22.2. The van der Waals surface area contributed by atoms with Gasteiger partial charge in [0.15, 0.2) is 0 Å². The number of hydrogen-bond donors (Lipinski definition) is 3. The first-order valence-electron chi connectivity index (χ1n) is 4.82. The van der Waals surface area contributed by atoms with Gasteiger partial charge < -0.3 is 20.9 Å². The first-order chi connectivity index (χ1) is 7.06. The number of carboxylic acids is 1. The Morgan fingerprint density at radius 2 is 2.13 bits per heavy atom. The van der Waals surface area contributed by atoms with E-state index >= 15 is 0 Å². The number of carbonyl (C=O) groups excluding carboxylic acids is 1. The van der Waals surface area contributed by atoms with Crippen LogP contribution in [0.15, 0.2) is 0 Å². The van der Waals surface area contributed by atoms with Crippen molar-refractivity contribution >= 4 is 11.9 Å². The molecular weight excluding hydrogens is 200 g/mol. The third-order valence-corrected chi connectivity index (χ3v) is 1.98. The lowest BCUT2D eigenvalue weighted by Crippen LogP contribution is -2.48. The van der Waals surface area contributed by atoms with Crippen molar-refractivity contribution in [1.29, 1.82) is 0 Å². The van der Waals surface area contributed by atoms with Crippen LogP contribution in [0.5, 0.6) is 0 Å². The summed E-state index contributed by atoms with van der Waals surface area (Å²) >= 11 is 0. The maximum absolute atomic E-state index is 11.4. The smallest absolute Gasteiger partial charge is 0.326 e. The SMILES string of the molecule is CCC[C@H](NC(=O)C(CN)OC)C(=O)O. The Hall–Kier alpha value is -1.14. The predicted molar refractivity (Wildman–Crippen MR) is 54.3 cm³/mol. The summed E-state index contributed by atoms with van der Waals surface area (Å²) < 4.78 is 4.79. The lowest BCUT2D eigenvalue weighted by Gasteiger charge is -2.17. The summed E-state index contributed by atoms with van der Waals surface area (Å²) in [5.41, 5.74) is 5.28. The third kappa shape index (κ3) is 4.75. The van der Waals surface area contributed by atoms with Gasteiger partial charge in [-0.3, -0.25) is 4.79 Å². The molecule has 0 fully saturated rings. The van der Waals surface area contributed by atoms with Gasteiger partial charge in [-0.15, -0.1) is 0 Å². The van der Waals surface area contributed by atoms with E-state index < -0.39 is 24.0 Å². The van der Waals surface area contributed by atoms with Crippen LogP contribution in [0.2, 0.25) is 0 Å². The number of nitrogens with two attached hydrogens (primary N) is 1. The van der Waals surface area contributed by atoms with Gasteiger partial charge in [-0.05, 0) is 6.42 Å². The number of hydrogen-bond acceptors (Lipinski definition) is 4. The molecule has 0 aliphatic rings. The van der Waals surface area contributed by atoms with Crippen molar-refractivity contribution in [3.8, 4) is 0 Å². The maximum Gasteiger partial charge on any atom is 0.326 e. The molecule has 0 spiro atoms. The Balaban J connectivity index is 4.27. The molecule has 0 aliphatic carbocycles. The molecule has 1 amide bonds. The third-order valence-electron chi connectivity index (χ3n) is 1.98. The minimum Gasteiger partial charge on any atom is -0.480 e. The topological polar surface area (TPSA) is 102 Å². The van der Waals surface area contributed by atoms with Crippen molar-refractivity contribution in [2.75, 3.05) is 13.7 Å². The van der Waals surface area contributed by atoms with E-state index in [1.807, 2.05) is 6.92 Å². The fourth-order valence-corrected chi connectivity index (χ4v) is 1.12. The minimum atomic E-state index is -1.04. The Morgan fingerprint density at radius 3 is 2.47 bits per heavy atom. The van der Waals surface area contributed by atoms with Gasteiger partial charge in [0.25, 0.3) is 5.91 Å². The fraction of sp³-hybridized carbons (Fsp3) is 0.778. The van der Waals surface area contributed by atoms with Crippen LogP contribution in [-0.4, -0.2) is 42.8 Å². The van der Waals surface area contributed by atoms with Gasteiger partial charge in [0, 0.05) is 13.7 Å². The van der Waals surface area contributed by atoms with Crippen LogP contribution in [0.25, 0.3) is 0 Å². The van der Waals surface area contributed by atoms with Crippen molar-refractivity contribution in [2.45, 2.75) is 31.9 Å². The molecule has 1 unspecified atom stereocenters. The van der Waals surface area contributed by atoms with E-state index in [1.165, 1.54) is 7.11 Å². The molecule has 2 atom stereocenters. The summed E-state index contributed by atoms with van der Waals surface area (Å²) in [5.74, 6) is -1.53. The van der Waals surface area contributed by atoms with Crippen molar-refractivity contribution in [3.05, 3.63) is 0 Å². The van der Waals surface area contributed by atoms with E-state index in [9.17, 15) is 9.59 Å². The molecule has 0 aromatic rings. The zero-order valence-corrected chi connectivity index (χ0v) is 9.03. The molecule has 6 heteroatoms. The molecule has 0 saturated carbocycles. The van der Waals surface area contributed by atoms with E-state index in [-0.39, 0.29) is 6.54 Å². The number of carboxylic acid groups (broad SMARTS) is 1. The normalized spacial score (nSPS) is 14.3. The van der Waals surface area contributed by atoms with Crippen LogP contribution in [0.1, 0.15) is 19.8 Å². The molecule has 0 aliphatic heterocycles. The molecule has 0 rings (SSSR count). The zero-order valence-electron chi connectivity index (χ0n) is 9.03. The summed E-state index contributed by atoms with van der Waals surface area (Å²) in [7, 11) is 1.35. The average molecular weight is 218 g/mol. The molecule has 0 radical (unpaired) electrons. The van der Waals surface area contributed by atoms with Crippen LogP contribution >= 0.6 is 0 Å². The summed E-state index contributed by atoms with van der Waals surface area (Å²) in [6.45, 7) is 1.87. The van der Waals surface area contributed by atoms with E-state index in [1.54, 1.807) is 0 Å². The summed E-state index contributed by atoms with van der Waals surface area (Å²) in [5, 5.41) is 11.2. The Kier molecular flexibility index (Phi) is 6.64. The van der Waals surface area contributed by atoms with Gasteiger partial charge in [0.2, 0.25) is 0 Å². The number of amides is 1. The Morgan fingerprint density at radius 1 is 1.53 bits per heavy atom. The first kappa shape index (κ1) is 13.9. The van der Waals surface area contributed by atoms with Gasteiger partial charge >= 0.3 is 5.97 Å². The highest BCUT2D eigenvalue weighted by Crippen LogP contribution is 1.98. The second-order valence-electron chi connectivity index (χ2n) is 3.15. The second-order valence-corrected chi connectivity index (χ2v) is 3.15. The van der Waals surface area contributed by atoms with E-state index in [4.69, 9.17) is 15.6 Å². The first-order valence-corrected chi connectivity index (χ1v) is 4.82. The highest BCUT2D eigenvalue weighted by molar-refractivity contribution is 5.86. The predicted octanol–water partition coefficient (Wildman–Crippen LogP) is -0.670. The van der Waals surface area contributed by atoms with Crippen LogP contribution in [0.3, 0.4) is 0 Å². The number of ether oxygens (including phenoxy) is 1. The van der Waals surface area contributed by atoms with Crippen molar-refractivity contribution in [2.24, 2.45) is 5.73 Å². The fourth-order valence-electron chi connectivity index (χ4n) is 1.12. The summed E-state index contributed by atoms with van der Waals surface area (Å²) in [6, 6.07) is -0.869. The molecule has 0 saturated heterocycles. The van der Waals surface area contributed by atoms with Gasteiger partial charge in [-0.2, -0.15) is 0 Å². The lowest BCUT2D eigenvalue weighted by atomic mass is 10.1. The second kappa shape index (κ2) is 7.19. The average Bonchev–Trinajstić information content (AvgIpc) is 2.18. The molecule has 0 aromatic carbocycles. The number of carbonyl (C=O) groups is 2. The molecule has 15 heavy (non-hydrogen) atoms. The number of rotatable bonds is 7. The molecule has 6 nitrogen and oxygen atoms in total. The summed E-state index contributed by atoms with van der Waals surface area (Å²) in [6.07, 6.45) is 0.281. The van der Waals surface area contributed by atoms with Gasteiger partial charge in [-0.25, -0.2) is 4.79 Å². The van der Waals surface area contributed by atoms with E-state index in [0.29, 0.717) is 12.8 Å². The minimum absolute atomic E-state index is 0.0286. The van der Waals surface area contributed by atoms with E-state index in [0.717, 1.165) is 0 Å². The highest BCUT2D eigenvalue weighted by Gasteiger charge is 2.23. The number of methoxy groups -OCH3 is 1. The zero-order chi connectivity index (χ0) is 11.8. The standard InChI is InChI=1S/C9H18N2O4/c1-3-4-6(9(13)14)11-8(12)7(5-10)15-2/h6-7H,3-5,10H2,1-2H3,(H,11,12)(H,13,14)/t6-,7?/m0/s1. The Bertz CT molecular complexity index is 216. The van der Waals surface area contributed by atoms with Crippen LogP contribution in [0, 0.1) is 0 Å². The largest absolute Gasteiger partial charge is 0.480 e. The van der Waals surface area contributed by atoms with Crippen molar-refractivity contribution < 1.29 is 19.4 Å². The highest BCUT2D eigenvalue weighted by atomic mass is 16.5. The molecule has 0 bridgehead atoms. The van der Waals surface area contributed by atoms with Crippen LogP contribution < -0.4 is 11.1 Å². The molecule has 88 valence electrons. The van der Waals surface area contributed by atoms with Crippen molar-refractivity contribution in [1.82, 2.24) is 5.32 Å². The van der Waals surface area contributed by atoms with Crippen LogP contribution in [-0.2, 0) is 14.3 Å². The maximum atomic E-state index is 11.4. The lowest BCUT2D eigenvalue weighted by molar-refractivity contribution is -0.143. The monoisotopic (exact) mass is 218 g/mol. The van der Waals surface area contributed by atoms with Crippen molar-refractivity contribution in [3.63, 3.8) is 0 Å². The van der Waals surface area contributed by atoms with Crippen LogP contribution in [0.4, 0.5) is 0 Å². The molecule has 4 N–H and O–H groups in total. The quantitative estimate of drug-likeness (QED) is 0.526. The Labute approximate surface area is 88.8 Å². The number of aliphatic carboxylic acids is 1.